The minimum Gasteiger partial charge on any atom is -0.465 e. The van der Waals surface area contributed by atoms with Crippen molar-refractivity contribution in [3.63, 3.8) is 0 Å². The number of methoxy groups -OCH3 is 1. The van der Waals surface area contributed by atoms with Gasteiger partial charge in [0.2, 0.25) is 10.0 Å². The summed E-state index contributed by atoms with van der Waals surface area (Å²) in [6.07, 6.45) is 0.743. The van der Waals surface area contributed by atoms with Crippen molar-refractivity contribution >= 4 is 27.3 Å². The highest BCUT2D eigenvalue weighted by Gasteiger charge is 2.39. The van der Waals surface area contributed by atoms with Crippen LogP contribution in [-0.2, 0) is 14.8 Å². The van der Waals surface area contributed by atoms with E-state index in [2.05, 4.69) is 4.74 Å². The minimum atomic E-state index is -3.69. The van der Waals surface area contributed by atoms with E-state index in [0.29, 0.717) is 13.1 Å². The number of esters is 1. The first-order chi connectivity index (χ1) is 9.41. The van der Waals surface area contributed by atoms with Crippen LogP contribution in [-0.4, -0.2) is 44.9 Å². The molecule has 1 aliphatic heterocycles. The smallest absolute Gasteiger partial charge is 0.349 e. The van der Waals surface area contributed by atoms with Crippen LogP contribution in [0.3, 0.4) is 0 Å². The van der Waals surface area contributed by atoms with Gasteiger partial charge in [-0.3, -0.25) is 0 Å². The molecule has 2 rings (SSSR count). The fourth-order valence-electron chi connectivity index (χ4n) is 2.48. The number of hydrogen-bond acceptors (Lipinski definition) is 6. The Morgan fingerprint density at radius 2 is 2.30 bits per heavy atom. The van der Waals surface area contributed by atoms with Gasteiger partial charge in [0.25, 0.3) is 0 Å². The quantitative estimate of drug-likeness (QED) is 0.833. The van der Waals surface area contributed by atoms with Crippen LogP contribution in [0.15, 0.2) is 16.3 Å². The Hall–Kier alpha value is -0.960. The molecule has 2 unspecified atom stereocenters. The van der Waals surface area contributed by atoms with Crippen molar-refractivity contribution in [2.24, 2.45) is 11.7 Å². The molecule has 1 aromatic rings. The molecule has 0 spiro atoms. The number of sulfonamides is 1. The predicted octanol–water partition coefficient (Wildman–Crippen LogP) is 0.893. The summed E-state index contributed by atoms with van der Waals surface area (Å²) in [6.45, 7) is 2.72. The summed E-state index contributed by atoms with van der Waals surface area (Å²) in [4.78, 5) is 11.8. The molecular weight excluding hydrogens is 300 g/mol. The number of carbonyl (C=O) groups excluding carboxylic acids is 1. The van der Waals surface area contributed by atoms with E-state index in [1.54, 1.807) is 5.38 Å². The number of nitrogens with two attached hydrogens (primary N) is 1. The average molecular weight is 318 g/mol. The molecule has 1 fully saturated rings. The Balaban J connectivity index is 2.37. The molecule has 8 heteroatoms. The van der Waals surface area contributed by atoms with E-state index in [1.807, 2.05) is 6.92 Å². The van der Waals surface area contributed by atoms with Crippen LogP contribution in [0.2, 0.25) is 0 Å². The number of hydrogen-bond donors (Lipinski definition) is 1. The van der Waals surface area contributed by atoms with E-state index in [4.69, 9.17) is 5.73 Å². The summed E-state index contributed by atoms with van der Waals surface area (Å²) in [5.41, 5.74) is 5.63. The summed E-state index contributed by atoms with van der Waals surface area (Å²) >= 11 is 1.07. The number of rotatable bonds is 4. The average Bonchev–Trinajstić information content (AvgIpc) is 3.04. The van der Waals surface area contributed by atoms with Crippen LogP contribution in [0.4, 0.5) is 0 Å². The molecule has 0 aliphatic carbocycles. The molecule has 0 bridgehead atoms. The van der Waals surface area contributed by atoms with Gasteiger partial charge in [-0.2, -0.15) is 4.31 Å². The van der Waals surface area contributed by atoms with Crippen LogP contribution in [0.25, 0.3) is 0 Å². The lowest BCUT2D eigenvalue weighted by atomic mass is 10.1. The zero-order valence-electron chi connectivity index (χ0n) is 11.4. The fourth-order valence-corrected chi connectivity index (χ4v) is 5.51. The maximum Gasteiger partial charge on any atom is 0.349 e. The van der Waals surface area contributed by atoms with Crippen molar-refractivity contribution in [3.05, 3.63) is 16.3 Å². The monoisotopic (exact) mass is 318 g/mol. The Bertz CT molecular complexity index is 596. The van der Waals surface area contributed by atoms with Gasteiger partial charge in [-0.15, -0.1) is 11.3 Å². The Morgan fingerprint density at radius 1 is 1.60 bits per heavy atom. The lowest BCUT2D eigenvalue weighted by Crippen LogP contribution is -2.35. The minimum absolute atomic E-state index is 0.0267. The topological polar surface area (TPSA) is 89.7 Å². The van der Waals surface area contributed by atoms with Crippen molar-refractivity contribution < 1.29 is 17.9 Å². The van der Waals surface area contributed by atoms with Gasteiger partial charge in [-0.1, -0.05) is 0 Å². The molecule has 0 amide bonds. The largest absolute Gasteiger partial charge is 0.465 e. The molecule has 1 aromatic heterocycles. The lowest BCUT2D eigenvalue weighted by Gasteiger charge is -2.20. The molecule has 2 atom stereocenters. The third-order valence-corrected chi connectivity index (χ3v) is 6.57. The fraction of sp³-hybridized carbons (Fsp3) is 0.583. The van der Waals surface area contributed by atoms with Crippen LogP contribution < -0.4 is 5.73 Å². The van der Waals surface area contributed by atoms with Gasteiger partial charge in [-0.25, -0.2) is 13.2 Å². The molecule has 1 aliphatic rings. The number of thiophene rings is 1. The Labute approximate surface area is 122 Å². The first-order valence-electron chi connectivity index (χ1n) is 6.29. The second kappa shape index (κ2) is 5.80. The summed E-state index contributed by atoms with van der Waals surface area (Å²) in [5.74, 6) is -0.458. The van der Waals surface area contributed by atoms with Crippen LogP contribution >= 0.6 is 11.3 Å². The molecule has 2 N–H and O–H groups in total. The Kier molecular flexibility index (Phi) is 4.48. The van der Waals surface area contributed by atoms with Gasteiger partial charge in [-0.05, 0) is 37.3 Å². The van der Waals surface area contributed by atoms with E-state index in [-0.39, 0.29) is 21.7 Å². The normalized spacial score (nSPS) is 23.9. The van der Waals surface area contributed by atoms with Crippen LogP contribution in [0, 0.1) is 5.92 Å². The highest BCUT2D eigenvalue weighted by atomic mass is 32.2. The predicted molar refractivity (Wildman–Crippen MR) is 76.2 cm³/mol. The lowest BCUT2D eigenvalue weighted by molar-refractivity contribution is 0.0602. The molecule has 20 heavy (non-hydrogen) atoms. The van der Waals surface area contributed by atoms with Gasteiger partial charge in [0, 0.05) is 12.6 Å². The van der Waals surface area contributed by atoms with Gasteiger partial charge in [0.1, 0.15) is 9.77 Å². The SMILES string of the molecule is COC(=O)c1sccc1S(=O)(=O)N1CC(CN)CC1C. The second-order valence-electron chi connectivity index (χ2n) is 4.87. The van der Waals surface area contributed by atoms with E-state index in [0.717, 1.165) is 17.8 Å². The van der Waals surface area contributed by atoms with E-state index < -0.39 is 16.0 Å². The van der Waals surface area contributed by atoms with Crippen LogP contribution in [0.5, 0.6) is 0 Å². The molecule has 0 aromatic carbocycles. The molecule has 112 valence electrons. The molecule has 6 nitrogen and oxygen atoms in total. The maximum atomic E-state index is 12.7. The van der Waals surface area contributed by atoms with Crippen molar-refractivity contribution in [2.75, 3.05) is 20.2 Å². The van der Waals surface area contributed by atoms with E-state index >= 15 is 0 Å². The van der Waals surface area contributed by atoms with Crippen molar-refractivity contribution in [3.8, 4) is 0 Å². The Morgan fingerprint density at radius 3 is 2.85 bits per heavy atom. The molecule has 2 heterocycles. The van der Waals surface area contributed by atoms with Gasteiger partial charge in [0.05, 0.1) is 7.11 Å². The van der Waals surface area contributed by atoms with Crippen molar-refractivity contribution in [1.82, 2.24) is 4.31 Å². The zero-order valence-corrected chi connectivity index (χ0v) is 13.0. The van der Waals surface area contributed by atoms with E-state index in [1.165, 1.54) is 17.5 Å². The van der Waals surface area contributed by atoms with Gasteiger partial charge >= 0.3 is 5.97 Å². The highest BCUT2D eigenvalue weighted by molar-refractivity contribution is 7.89. The second-order valence-corrected chi connectivity index (χ2v) is 7.64. The first kappa shape index (κ1) is 15.4. The number of carbonyl (C=O) groups is 1. The third kappa shape index (κ3) is 2.60. The molecule has 1 saturated heterocycles. The maximum absolute atomic E-state index is 12.7. The molecule has 0 saturated carbocycles. The van der Waals surface area contributed by atoms with E-state index in [9.17, 15) is 13.2 Å². The third-order valence-electron chi connectivity index (χ3n) is 3.52. The highest BCUT2D eigenvalue weighted by Crippen LogP contribution is 2.32. The molecular formula is C12H18N2O4S2. The van der Waals surface area contributed by atoms with Crippen LogP contribution in [0.1, 0.15) is 23.0 Å². The van der Waals surface area contributed by atoms with Crippen molar-refractivity contribution in [1.29, 1.82) is 0 Å². The first-order valence-corrected chi connectivity index (χ1v) is 8.61. The zero-order chi connectivity index (χ0) is 14.9. The summed E-state index contributed by atoms with van der Waals surface area (Å²) in [7, 11) is -2.45. The standard InChI is InChI=1S/C12H18N2O4S2/c1-8-5-9(6-13)7-14(8)20(16,17)10-3-4-19-11(10)12(15)18-2/h3-4,8-9H,5-7,13H2,1-2H3. The number of ether oxygens (including phenoxy) is 1. The van der Waals surface area contributed by atoms with Gasteiger partial charge in [0.15, 0.2) is 0 Å². The van der Waals surface area contributed by atoms with Gasteiger partial charge < -0.3 is 10.5 Å². The van der Waals surface area contributed by atoms with Crippen molar-refractivity contribution in [2.45, 2.75) is 24.3 Å². The molecule has 0 radical (unpaired) electrons. The summed E-state index contributed by atoms with van der Waals surface area (Å²) < 4.78 is 31.4. The summed E-state index contributed by atoms with van der Waals surface area (Å²) in [5, 5.41) is 1.58. The summed E-state index contributed by atoms with van der Waals surface area (Å²) in [6, 6.07) is 1.34. The number of nitrogens with zero attached hydrogens (tertiary/aromatic N) is 1.